The van der Waals surface area contributed by atoms with E-state index in [0.717, 1.165) is 33.4 Å². The number of hydrogen-bond donors (Lipinski definition) is 1. The summed E-state index contributed by atoms with van der Waals surface area (Å²) >= 11 is 1.64. The molecule has 1 aliphatic rings. The Balaban J connectivity index is 2.10. The van der Waals surface area contributed by atoms with Gasteiger partial charge in [-0.25, -0.2) is 9.37 Å². The molecule has 1 N–H and O–H groups in total. The van der Waals surface area contributed by atoms with Crippen LogP contribution in [0.25, 0.3) is 0 Å². The highest BCUT2D eigenvalue weighted by Gasteiger charge is 2.18. The number of hydrogen-bond acceptors (Lipinski definition) is 3. The molecular weight excluding hydrogens is 211 g/mol. The molecule has 2 heterocycles. The Morgan fingerprint density at radius 2 is 2.33 bits per heavy atom. The summed E-state index contributed by atoms with van der Waals surface area (Å²) in [6.07, 6.45) is 0.722. The van der Waals surface area contributed by atoms with Gasteiger partial charge in [-0.2, -0.15) is 0 Å². The number of thiazole rings is 1. The zero-order chi connectivity index (χ0) is 10.4. The first-order chi connectivity index (χ1) is 7.22. The van der Waals surface area contributed by atoms with Crippen LogP contribution in [0.3, 0.4) is 0 Å². The second-order valence-electron chi connectivity index (χ2n) is 3.61. The molecule has 4 heteroatoms. The maximum atomic E-state index is 13.0. The highest BCUT2D eigenvalue weighted by molar-refractivity contribution is 7.15. The molecule has 0 saturated heterocycles. The molecule has 0 spiro atoms. The third-order valence-electron chi connectivity index (χ3n) is 2.48. The van der Waals surface area contributed by atoms with E-state index in [0.29, 0.717) is 0 Å². The summed E-state index contributed by atoms with van der Waals surface area (Å²) in [6.45, 7) is 1.98. The van der Waals surface area contributed by atoms with Gasteiger partial charge in [-0.1, -0.05) is 0 Å². The minimum atomic E-state index is -0.189. The van der Waals surface area contributed by atoms with Gasteiger partial charge in [0, 0.05) is 12.1 Å². The molecule has 76 valence electrons. The molecule has 1 aromatic carbocycles. The summed E-state index contributed by atoms with van der Waals surface area (Å²) < 4.78 is 13.0. The molecule has 1 aromatic heterocycles. The molecule has 15 heavy (non-hydrogen) atoms. The van der Waals surface area contributed by atoms with Crippen LogP contribution in [-0.2, 0) is 6.42 Å². The fraction of sp³-hybridized carbons (Fsp3) is 0.182. The molecule has 2 nitrogen and oxygen atoms in total. The zero-order valence-electron chi connectivity index (χ0n) is 8.17. The number of rotatable bonds is 0. The number of aryl methyl sites for hydroxylation is 1. The van der Waals surface area contributed by atoms with E-state index in [1.807, 2.05) is 6.92 Å². The van der Waals surface area contributed by atoms with E-state index < -0.39 is 0 Å². The van der Waals surface area contributed by atoms with E-state index in [1.165, 1.54) is 6.07 Å². The van der Waals surface area contributed by atoms with Crippen LogP contribution in [0.1, 0.15) is 16.3 Å². The van der Waals surface area contributed by atoms with Crippen molar-refractivity contribution in [1.82, 2.24) is 4.98 Å². The third kappa shape index (κ3) is 1.41. The van der Waals surface area contributed by atoms with Crippen molar-refractivity contribution in [2.75, 3.05) is 5.32 Å². The van der Waals surface area contributed by atoms with E-state index in [-0.39, 0.29) is 5.82 Å². The Hall–Kier alpha value is -1.42. The average molecular weight is 220 g/mol. The normalized spacial score (nSPS) is 12.9. The van der Waals surface area contributed by atoms with Crippen molar-refractivity contribution in [2.45, 2.75) is 13.3 Å². The van der Waals surface area contributed by atoms with Gasteiger partial charge in [-0.15, -0.1) is 11.3 Å². The molecule has 0 amide bonds. The van der Waals surface area contributed by atoms with Crippen LogP contribution < -0.4 is 5.32 Å². The van der Waals surface area contributed by atoms with Gasteiger partial charge in [0.2, 0.25) is 0 Å². The Morgan fingerprint density at radius 1 is 1.47 bits per heavy atom. The fourth-order valence-electron chi connectivity index (χ4n) is 1.82. The van der Waals surface area contributed by atoms with Crippen LogP contribution in [0.15, 0.2) is 18.2 Å². The lowest BCUT2D eigenvalue weighted by atomic mass is 10.0. The first-order valence-electron chi connectivity index (χ1n) is 4.74. The highest BCUT2D eigenvalue weighted by atomic mass is 32.1. The molecule has 1 aliphatic heterocycles. The largest absolute Gasteiger partial charge is 0.345 e. The highest BCUT2D eigenvalue weighted by Crippen LogP contribution is 2.36. The molecule has 0 radical (unpaired) electrons. The minimum absolute atomic E-state index is 0.189. The van der Waals surface area contributed by atoms with Crippen molar-refractivity contribution in [3.05, 3.63) is 40.3 Å². The summed E-state index contributed by atoms with van der Waals surface area (Å²) in [7, 11) is 0. The number of nitrogens with one attached hydrogen (secondary N) is 1. The third-order valence-corrected chi connectivity index (χ3v) is 3.41. The summed E-state index contributed by atoms with van der Waals surface area (Å²) in [5, 5.41) is 5.41. The Kier molecular flexibility index (Phi) is 1.79. The van der Waals surface area contributed by atoms with Crippen LogP contribution in [0, 0.1) is 12.7 Å². The summed E-state index contributed by atoms with van der Waals surface area (Å²) in [4.78, 5) is 4.41. The van der Waals surface area contributed by atoms with Crippen molar-refractivity contribution < 1.29 is 4.39 Å². The topological polar surface area (TPSA) is 24.9 Å². The minimum Gasteiger partial charge on any atom is -0.345 e. The maximum absolute atomic E-state index is 13.0. The van der Waals surface area contributed by atoms with Gasteiger partial charge < -0.3 is 5.32 Å². The second-order valence-corrected chi connectivity index (χ2v) is 4.82. The van der Waals surface area contributed by atoms with E-state index in [9.17, 15) is 4.39 Å². The number of halogens is 1. The molecular formula is C11H9FN2S. The maximum Gasteiger partial charge on any atom is 0.123 e. The van der Waals surface area contributed by atoms with Gasteiger partial charge in [-0.05, 0) is 30.7 Å². The van der Waals surface area contributed by atoms with Crippen molar-refractivity contribution in [3.63, 3.8) is 0 Å². The predicted octanol–water partition coefficient (Wildman–Crippen LogP) is 3.24. The Bertz CT molecular complexity index is 533. The fourth-order valence-corrected chi connectivity index (χ4v) is 2.67. The smallest absolute Gasteiger partial charge is 0.123 e. The SMILES string of the molecule is Cc1nc2c(s1)Nc1ccc(F)cc1C2. The molecule has 3 rings (SSSR count). The zero-order valence-corrected chi connectivity index (χ0v) is 8.99. The lowest BCUT2D eigenvalue weighted by Gasteiger charge is -2.16. The lowest BCUT2D eigenvalue weighted by Crippen LogP contribution is -2.05. The summed E-state index contributed by atoms with van der Waals surface area (Å²) in [5.74, 6) is -0.189. The lowest BCUT2D eigenvalue weighted by molar-refractivity contribution is 0.626. The van der Waals surface area contributed by atoms with Gasteiger partial charge in [0.05, 0.1) is 10.7 Å². The van der Waals surface area contributed by atoms with E-state index in [2.05, 4.69) is 10.3 Å². The first kappa shape index (κ1) is 8.85. The van der Waals surface area contributed by atoms with Crippen LogP contribution in [0.5, 0.6) is 0 Å². The van der Waals surface area contributed by atoms with E-state index >= 15 is 0 Å². The average Bonchev–Trinajstić information content (AvgIpc) is 2.53. The predicted molar refractivity (Wildman–Crippen MR) is 59.3 cm³/mol. The van der Waals surface area contributed by atoms with Crippen molar-refractivity contribution >= 4 is 22.0 Å². The molecule has 0 atom stereocenters. The number of benzene rings is 1. The van der Waals surface area contributed by atoms with Gasteiger partial charge in [0.15, 0.2) is 0 Å². The van der Waals surface area contributed by atoms with Crippen molar-refractivity contribution in [2.24, 2.45) is 0 Å². The number of nitrogens with zero attached hydrogens (tertiary/aromatic N) is 1. The summed E-state index contributed by atoms with van der Waals surface area (Å²) in [5.41, 5.74) is 3.00. The number of anilines is 2. The molecule has 0 fully saturated rings. The Morgan fingerprint density at radius 3 is 3.20 bits per heavy atom. The monoisotopic (exact) mass is 220 g/mol. The molecule has 0 unspecified atom stereocenters. The number of aromatic nitrogens is 1. The van der Waals surface area contributed by atoms with E-state index in [1.54, 1.807) is 23.5 Å². The van der Waals surface area contributed by atoms with E-state index in [4.69, 9.17) is 0 Å². The van der Waals surface area contributed by atoms with Crippen LogP contribution in [0.4, 0.5) is 15.1 Å². The van der Waals surface area contributed by atoms with Gasteiger partial charge in [0.1, 0.15) is 10.8 Å². The van der Waals surface area contributed by atoms with Crippen LogP contribution in [-0.4, -0.2) is 4.98 Å². The van der Waals surface area contributed by atoms with Gasteiger partial charge in [0.25, 0.3) is 0 Å². The second kappa shape index (κ2) is 3.03. The molecule has 0 saturated carbocycles. The van der Waals surface area contributed by atoms with Gasteiger partial charge in [-0.3, -0.25) is 0 Å². The molecule has 0 aliphatic carbocycles. The molecule has 0 bridgehead atoms. The summed E-state index contributed by atoms with van der Waals surface area (Å²) in [6, 6.07) is 4.83. The van der Waals surface area contributed by atoms with Crippen molar-refractivity contribution in [1.29, 1.82) is 0 Å². The quantitative estimate of drug-likeness (QED) is 0.629. The van der Waals surface area contributed by atoms with Crippen molar-refractivity contribution in [3.8, 4) is 0 Å². The standard InChI is InChI=1S/C11H9FN2S/c1-6-13-10-5-7-4-8(12)2-3-9(7)14-11(10)15-6/h2-4,14H,5H2,1H3. The number of fused-ring (bicyclic) bond motifs is 2. The van der Waals surface area contributed by atoms with Crippen LogP contribution in [0.2, 0.25) is 0 Å². The van der Waals surface area contributed by atoms with Gasteiger partial charge >= 0.3 is 0 Å². The Labute approximate surface area is 90.8 Å². The van der Waals surface area contributed by atoms with Crippen LogP contribution >= 0.6 is 11.3 Å². The molecule has 2 aromatic rings. The first-order valence-corrected chi connectivity index (χ1v) is 5.56.